The van der Waals surface area contributed by atoms with Gasteiger partial charge in [0.25, 0.3) is 5.56 Å². The van der Waals surface area contributed by atoms with Gasteiger partial charge in [-0.1, -0.05) is 0 Å². The number of halogens is 1. The minimum Gasteiger partial charge on any atom is -0.383 e. The molecule has 0 bridgehead atoms. The third-order valence-corrected chi connectivity index (χ3v) is 3.58. The number of hydrogen-bond donors (Lipinski definition) is 1. The summed E-state index contributed by atoms with van der Waals surface area (Å²) >= 11 is 1.94. The number of fused-ring (bicyclic) bond motifs is 1. The maximum absolute atomic E-state index is 11.9. The highest BCUT2D eigenvalue weighted by atomic mass is 127. The predicted molar refractivity (Wildman–Crippen MR) is 81.0 cm³/mol. The second-order valence-electron chi connectivity index (χ2n) is 4.21. The molecular weight excluding hydrogens is 373 g/mol. The van der Waals surface area contributed by atoms with Crippen LogP contribution in [0.25, 0.3) is 11.0 Å². The Morgan fingerprint density at radius 3 is 2.95 bits per heavy atom. The predicted octanol–water partition coefficient (Wildman–Crippen LogP) is 0.155. The van der Waals surface area contributed by atoms with Gasteiger partial charge in [0.05, 0.1) is 28.0 Å². The first-order chi connectivity index (χ1) is 9.56. The van der Waals surface area contributed by atoms with Crippen LogP contribution in [-0.4, -0.2) is 29.3 Å². The van der Waals surface area contributed by atoms with Gasteiger partial charge in [0, 0.05) is 13.2 Å². The zero-order valence-corrected chi connectivity index (χ0v) is 12.6. The lowest BCUT2D eigenvalue weighted by Gasteiger charge is -2.06. The Kier molecular flexibility index (Phi) is 3.12. The molecule has 3 rings (SSSR count). The van der Waals surface area contributed by atoms with Gasteiger partial charge in [-0.3, -0.25) is 14.0 Å². The quantitative estimate of drug-likeness (QED) is 0.632. The van der Waals surface area contributed by atoms with Crippen LogP contribution in [0.3, 0.4) is 0 Å². The van der Waals surface area contributed by atoms with Crippen molar-refractivity contribution in [2.75, 3.05) is 5.73 Å². The molecule has 2 N–H and O–H groups in total. The molecular formula is C11H10IN7O. The molecule has 3 aromatic heterocycles. The van der Waals surface area contributed by atoms with Crippen molar-refractivity contribution in [1.29, 1.82) is 0 Å². The van der Waals surface area contributed by atoms with Crippen molar-refractivity contribution in [3.8, 4) is 0 Å². The summed E-state index contributed by atoms with van der Waals surface area (Å²) in [5.74, 6) is 0.800. The summed E-state index contributed by atoms with van der Waals surface area (Å²) in [7, 11) is 1.78. The van der Waals surface area contributed by atoms with Crippen LogP contribution in [0.2, 0.25) is 0 Å². The molecule has 0 fully saturated rings. The molecule has 0 aromatic carbocycles. The molecule has 0 radical (unpaired) electrons. The molecule has 8 nitrogen and oxygen atoms in total. The summed E-state index contributed by atoms with van der Waals surface area (Å²) in [6.07, 6.45) is 4.59. The van der Waals surface area contributed by atoms with E-state index in [0.29, 0.717) is 26.2 Å². The SMILES string of the molecule is Cn1ncc2c(N)nc(Cn3cncc(I)c3=O)nc21. The van der Waals surface area contributed by atoms with Crippen LogP contribution in [0.5, 0.6) is 0 Å². The second-order valence-corrected chi connectivity index (χ2v) is 5.37. The summed E-state index contributed by atoms with van der Waals surface area (Å²) in [6, 6.07) is 0. The van der Waals surface area contributed by atoms with Gasteiger partial charge in [0.15, 0.2) is 11.5 Å². The number of hydrogen-bond acceptors (Lipinski definition) is 6. The minimum absolute atomic E-state index is 0.132. The lowest BCUT2D eigenvalue weighted by Crippen LogP contribution is -2.24. The molecule has 0 aliphatic heterocycles. The average molecular weight is 383 g/mol. The fourth-order valence-corrected chi connectivity index (χ4v) is 2.32. The molecule has 0 amide bonds. The lowest BCUT2D eigenvalue weighted by atomic mass is 10.4. The topological polar surface area (TPSA) is 105 Å². The summed E-state index contributed by atoms with van der Waals surface area (Å²) in [6.45, 7) is 0.216. The average Bonchev–Trinajstić information content (AvgIpc) is 2.78. The van der Waals surface area contributed by atoms with Gasteiger partial charge in [-0.05, 0) is 22.6 Å². The summed E-state index contributed by atoms with van der Waals surface area (Å²) < 4.78 is 3.60. The normalized spacial score (nSPS) is 11.1. The molecule has 102 valence electrons. The van der Waals surface area contributed by atoms with Crippen molar-refractivity contribution < 1.29 is 0 Å². The van der Waals surface area contributed by atoms with Crippen LogP contribution in [0.1, 0.15) is 5.82 Å². The van der Waals surface area contributed by atoms with E-state index in [2.05, 4.69) is 20.1 Å². The third-order valence-electron chi connectivity index (χ3n) is 2.84. The monoisotopic (exact) mass is 383 g/mol. The van der Waals surface area contributed by atoms with Crippen LogP contribution >= 0.6 is 22.6 Å². The molecule has 9 heteroatoms. The van der Waals surface area contributed by atoms with E-state index >= 15 is 0 Å². The zero-order valence-electron chi connectivity index (χ0n) is 10.5. The third kappa shape index (κ3) is 2.13. The van der Waals surface area contributed by atoms with Crippen LogP contribution in [0.15, 0.2) is 23.5 Å². The van der Waals surface area contributed by atoms with Crippen molar-refractivity contribution in [3.05, 3.63) is 38.5 Å². The maximum Gasteiger partial charge on any atom is 0.267 e. The first kappa shape index (κ1) is 13.0. The molecule has 0 aliphatic rings. The van der Waals surface area contributed by atoms with E-state index in [1.54, 1.807) is 17.9 Å². The largest absolute Gasteiger partial charge is 0.383 e. The molecule has 0 atom stereocenters. The molecule has 0 unspecified atom stereocenters. The smallest absolute Gasteiger partial charge is 0.267 e. The van der Waals surface area contributed by atoms with Gasteiger partial charge >= 0.3 is 0 Å². The Morgan fingerprint density at radius 1 is 1.35 bits per heavy atom. The first-order valence-electron chi connectivity index (χ1n) is 5.70. The molecule has 0 spiro atoms. The number of aryl methyl sites for hydroxylation is 1. The molecule has 20 heavy (non-hydrogen) atoms. The molecule has 0 saturated heterocycles. The van der Waals surface area contributed by atoms with Crippen molar-refractivity contribution in [1.82, 2.24) is 29.3 Å². The van der Waals surface area contributed by atoms with E-state index in [1.807, 2.05) is 22.6 Å². The van der Waals surface area contributed by atoms with Crippen LogP contribution in [0, 0.1) is 3.57 Å². The Bertz CT molecular complexity index is 854. The standard InChI is InChI=1S/C11H10IN7O/c1-18-10-6(2-15-18)9(13)16-8(17-10)4-19-5-14-3-7(12)11(19)20/h2-3,5H,4H2,1H3,(H2,13,16,17). The van der Waals surface area contributed by atoms with Crippen LogP contribution < -0.4 is 11.3 Å². The summed E-state index contributed by atoms with van der Waals surface area (Å²) in [5, 5.41) is 4.79. The highest BCUT2D eigenvalue weighted by Gasteiger charge is 2.10. The van der Waals surface area contributed by atoms with Crippen LogP contribution in [-0.2, 0) is 13.6 Å². The zero-order chi connectivity index (χ0) is 14.3. The minimum atomic E-state index is -0.132. The lowest BCUT2D eigenvalue weighted by molar-refractivity contribution is 0.692. The fraction of sp³-hybridized carbons (Fsp3) is 0.182. The van der Waals surface area contributed by atoms with E-state index in [4.69, 9.17) is 5.73 Å². The second kappa shape index (κ2) is 4.81. The van der Waals surface area contributed by atoms with Gasteiger partial charge in [-0.15, -0.1) is 0 Å². The van der Waals surface area contributed by atoms with Crippen LogP contribution in [0.4, 0.5) is 5.82 Å². The fourth-order valence-electron chi connectivity index (χ4n) is 1.85. The molecule has 0 saturated carbocycles. The van der Waals surface area contributed by atoms with Gasteiger partial charge in [-0.25, -0.2) is 15.0 Å². The van der Waals surface area contributed by atoms with Crippen molar-refractivity contribution in [2.24, 2.45) is 7.05 Å². The summed E-state index contributed by atoms with van der Waals surface area (Å²) in [4.78, 5) is 24.5. The Hall–Kier alpha value is -2.04. The maximum atomic E-state index is 11.9. The van der Waals surface area contributed by atoms with Gasteiger partial charge in [0.1, 0.15) is 5.82 Å². The molecule has 0 aliphatic carbocycles. The number of rotatable bonds is 2. The molecule has 3 heterocycles. The van der Waals surface area contributed by atoms with E-state index in [9.17, 15) is 4.79 Å². The van der Waals surface area contributed by atoms with Crippen molar-refractivity contribution in [3.63, 3.8) is 0 Å². The number of nitrogens with zero attached hydrogens (tertiary/aromatic N) is 6. The highest BCUT2D eigenvalue weighted by molar-refractivity contribution is 14.1. The Balaban J connectivity index is 2.09. The number of nitrogens with two attached hydrogens (primary N) is 1. The highest BCUT2D eigenvalue weighted by Crippen LogP contribution is 2.16. The Morgan fingerprint density at radius 2 is 2.15 bits per heavy atom. The van der Waals surface area contributed by atoms with E-state index in [-0.39, 0.29) is 12.1 Å². The number of anilines is 1. The Labute approximate surface area is 126 Å². The van der Waals surface area contributed by atoms with Crippen molar-refractivity contribution >= 4 is 39.4 Å². The first-order valence-corrected chi connectivity index (χ1v) is 6.78. The van der Waals surface area contributed by atoms with Gasteiger partial charge in [-0.2, -0.15) is 5.10 Å². The van der Waals surface area contributed by atoms with Crippen molar-refractivity contribution in [2.45, 2.75) is 6.54 Å². The van der Waals surface area contributed by atoms with E-state index < -0.39 is 0 Å². The van der Waals surface area contributed by atoms with E-state index in [1.165, 1.54) is 17.1 Å². The molecule has 3 aromatic rings. The number of aromatic nitrogens is 6. The van der Waals surface area contributed by atoms with Gasteiger partial charge < -0.3 is 5.73 Å². The summed E-state index contributed by atoms with van der Waals surface area (Å²) in [5.41, 5.74) is 6.39. The number of nitrogen functional groups attached to an aromatic ring is 1. The van der Waals surface area contributed by atoms with E-state index in [0.717, 1.165) is 0 Å². The van der Waals surface area contributed by atoms with Gasteiger partial charge in [0.2, 0.25) is 0 Å².